The van der Waals surface area contributed by atoms with E-state index in [2.05, 4.69) is 33.6 Å². The number of rotatable bonds is 2. The Morgan fingerprint density at radius 2 is 2.05 bits per heavy atom. The van der Waals surface area contributed by atoms with Crippen LogP contribution in [-0.2, 0) is 7.05 Å². The van der Waals surface area contributed by atoms with Crippen molar-refractivity contribution in [3.05, 3.63) is 18.2 Å². The van der Waals surface area contributed by atoms with Crippen LogP contribution < -0.4 is 5.32 Å². The van der Waals surface area contributed by atoms with Crippen LogP contribution in [0.4, 0.5) is 5.69 Å². The summed E-state index contributed by atoms with van der Waals surface area (Å²) in [6.07, 6.45) is 1.66. The Labute approximate surface area is 118 Å². The Hall–Kier alpha value is -2.13. The zero-order valence-corrected chi connectivity index (χ0v) is 11.8. The molecule has 0 radical (unpaired) electrons. The summed E-state index contributed by atoms with van der Waals surface area (Å²) in [6.45, 7) is 1.88. The quantitative estimate of drug-likeness (QED) is 0.892. The molecule has 0 amide bonds. The van der Waals surface area contributed by atoms with Gasteiger partial charge in [0.2, 0.25) is 0 Å². The third-order valence-corrected chi connectivity index (χ3v) is 4.05. The lowest BCUT2D eigenvalue weighted by atomic mass is 9.89. The van der Waals surface area contributed by atoms with Crippen LogP contribution in [0.25, 0.3) is 11.0 Å². The van der Waals surface area contributed by atoms with Gasteiger partial charge in [0.1, 0.15) is 11.1 Å². The van der Waals surface area contributed by atoms with Gasteiger partial charge in [-0.1, -0.05) is 5.21 Å². The van der Waals surface area contributed by atoms with Gasteiger partial charge in [-0.3, -0.25) is 0 Å². The molecule has 3 rings (SSSR count). The predicted octanol–water partition coefficient (Wildman–Crippen LogP) is 1.37. The van der Waals surface area contributed by atoms with Crippen molar-refractivity contribution >= 4 is 16.7 Å². The SMILES string of the molecule is CN1CCC(C#N)(Nc2ccc3c(c2)nnn3C)CC1. The minimum Gasteiger partial charge on any atom is -0.367 e. The first-order chi connectivity index (χ1) is 9.62. The van der Waals surface area contributed by atoms with Crippen molar-refractivity contribution in [2.24, 2.45) is 7.05 Å². The molecule has 6 heteroatoms. The number of nitrogens with one attached hydrogen (secondary N) is 1. The van der Waals surface area contributed by atoms with Crippen molar-refractivity contribution in [1.82, 2.24) is 19.9 Å². The Balaban J connectivity index is 1.86. The molecular weight excluding hydrogens is 252 g/mol. The lowest BCUT2D eigenvalue weighted by Crippen LogP contribution is -2.47. The van der Waals surface area contributed by atoms with Crippen LogP contribution in [0.3, 0.4) is 0 Å². The Morgan fingerprint density at radius 3 is 2.75 bits per heavy atom. The summed E-state index contributed by atoms with van der Waals surface area (Å²) >= 11 is 0. The fraction of sp³-hybridized carbons (Fsp3) is 0.500. The predicted molar refractivity (Wildman–Crippen MR) is 77.2 cm³/mol. The van der Waals surface area contributed by atoms with E-state index in [1.165, 1.54) is 0 Å². The fourth-order valence-electron chi connectivity index (χ4n) is 2.66. The molecule has 1 aliphatic heterocycles. The van der Waals surface area contributed by atoms with Crippen LogP contribution in [0.15, 0.2) is 18.2 Å². The summed E-state index contributed by atoms with van der Waals surface area (Å²) in [5.41, 5.74) is 2.30. The van der Waals surface area contributed by atoms with E-state index in [1.54, 1.807) is 4.68 Å². The molecule has 0 unspecified atom stereocenters. The van der Waals surface area contributed by atoms with E-state index < -0.39 is 5.54 Å². The highest BCUT2D eigenvalue weighted by molar-refractivity contribution is 5.78. The van der Waals surface area contributed by atoms with E-state index in [0.29, 0.717) is 0 Å². The molecule has 0 atom stereocenters. The lowest BCUT2D eigenvalue weighted by molar-refractivity contribution is 0.235. The van der Waals surface area contributed by atoms with Crippen LogP contribution in [-0.4, -0.2) is 45.6 Å². The van der Waals surface area contributed by atoms with E-state index in [-0.39, 0.29) is 0 Å². The molecule has 0 aliphatic carbocycles. The standard InChI is InChI=1S/C14H18N6/c1-19-7-5-14(10-15,6-8-19)16-11-3-4-13-12(9-11)17-18-20(13)2/h3-4,9,16H,5-8H2,1-2H3. The van der Waals surface area contributed by atoms with Gasteiger partial charge in [0.15, 0.2) is 0 Å². The second-order valence-electron chi connectivity index (χ2n) is 5.54. The number of fused-ring (bicyclic) bond motifs is 1. The number of hydrogen-bond donors (Lipinski definition) is 1. The third-order valence-electron chi connectivity index (χ3n) is 4.05. The summed E-state index contributed by atoms with van der Waals surface area (Å²) in [7, 11) is 3.96. The van der Waals surface area contributed by atoms with E-state index in [1.807, 2.05) is 25.2 Å². The number of likely N-dealkylation sites (tertiary alicyclic amines) is 1. The maximum absolute atomic E-state index is 9.54. The molecule has 1 N–H and O–H groups in total. The molecule has 1 aromatic heterocycles. The van der Waals surface area contributed by atoms with Gasteiger partial charge in [0, 0.05) is 25.8 Å². The Morgan fingerprint density at radius 1 is 1.30 bits per heavy atom. The van der Waals surface area contributed by atoms with Crippen LogP contribution in [0, 0.1) is 11.3 Å². The molecule has 2 aromatic rings. The van der Waals surface area contributed by atoms with Crippen LogP contribution in [0.1, 0.15) is 12.8 Å². The molecule has 0 bridgehead atoms. The third kappa shape index (κ3) is 2.21. The molecule has 1 saturated heterocycles. The Bertz CT molecular complexity index is 660. The highest BCUT2D eigenvalue weighted by atomic mass is 15.4. The topological polar surface area (TPSA) is 69.8 Å². The summed E-state index contributed by atoms with van der Waals surface area (Å²) in [5.74, 6) is 0. The van der Waals surface area contributed by atoms with Crippen molar-refractivity contribution in [1.29, 1.82) is 5.26 Å². The zero-order chi connectivity index (χ0) is 14.2. The van der Waals surface area contributed by atoms with Crippen molar-refractivity contribution in [2.45, 2.75) is 18.4 Å². The number of hydrogen-bond acceptors (Lipinski definition) is 5. The summed E-state index contributed by atoms with van der Waals surface area (Å²) < 4.78 is 1.74. The van der Waals surface area contributed by atoms with Gasteiger partial charge in [-0.05, 0) is 38.1 Å². The van der Waals surface area contributed by atoms with Gasteiger partial charge < -0.3 is 10.2 Å². The minimum absolute atomic E-state index is 0.470. The molecule has 6 nitrogen and oxygen atoms in total. The maximum atomic E-state index is 9.54. The van der Waals surface area contributed by atoms with E-state index in [9.17, 15) is 5.26 Å². The summed E-state index contributed by atoms with van der Waals surface area (Å²) in [4.78, 5) is 2.25. The monoisotopic (exact) mass is 270 g/mol. The Kier molecular flexibility index (Phi) is 3.07. The number of benzene rings is 1. The molecule has 20 heavy (non-hydrogen) atoms. The van der Waals surface area contributed by atoms with Gasteiger partial charge in [0.25, 0.3) is 0 Å². The van der Waals surface area contributed by atoms with E-state index in [0.717, 1.165) is 42.7 Å². The smallest absolute Gasteiger partial charge is 0.127 e. The number of anilines is 1. The number of nitriles is 1. The van der Waals surface area contributed by atoms with Gasteiger partial charge in [0.05, 0.1) is 11.6 Å². The zero-order valence-electron chi connectivity index (χ0n) is 11.8. The molecule has 104 valence electrons. The normalized spacial score (nSPS) is 18.9. The molecule has 0 saturated carbocycles. The minimum atomic E-state index is -0.470. The largest absolute Gasteiger partial charge is 0.367 e. The average molecular weight is 270 g/mol. The van der Waals surface area contributed by atoms with Gasteiger partial charge >= 0.3 is 0 Å². The molecule has 1 aromatic carbocycles. The van der Waals surface area contributed by atoms with E-state index in [4.69, 9.17) is 0 Å². The fourth-order valence-corrected chi connectivity index (χ4v) is 2.66. The number of nitrogens with zero attached hydrogens (tertiary/aromatic N) is 5. The van der Waals surface area contributed by atoms with E-state index >= 15 is 0 Å². The van der Waals surface area contributed by atoms with Crippen molar-refractivity contribution < 1.29 is 0 Å². The summed E-state index contributed by atoms with van der Waals surface area (Å²) in [5, 5.41) is 21.1. The maximum Gasteiger partial charge on any atom is 0.127 e. The van der Waals surface area contributed by atoms with Crippen molar-refractivity contribution in [3.8, 4) is 6.07 Å². The molecular formula is C14H18N6. The summed E-state index contributed by atoms with van der Waals surface area (Å²) in [6, 6.07) is 8.39. The number of aromatic nitrogens is 3. The van der Waals surface area contributed by atoms with Crippen molar-refractivity contribution in [2.75, 3.05) is 25.5 Å². The van der Waals surface area contributed by atoms with Gasteiger partial charge in [-0.25, -0.2) is 4.68 Å². The van der Waals surface area contributed by atoms with Gasteiger partial charge in [-0.2, -0.15) is 5.26 Å². The molecule has 1 aliphatic rings. The first-order valence-electron chi connectivity index (χ1n) is 6.79. The highest BCUT2D eigenvalue weighted by Gasteiger charge is 2.33. The second kappa shape index (κ2) is 4.76. The first kappa shape index (κ1) is 12.9. The molecule has 0 spiro atoms. The highest BCUT2D eigenvalue weighted by Crippen LogP contribution is 2.27. The first-order valence-corrected chi connectivity index (χ1v) is 6.79. The average Bonchev–Trinajstić information content (AvgIpc) is 2.83. The van der Waals surface area contributed by atoms with Crippen LogP contribution in [0.5, 0.6) is 0 Å². The second-order valence-corrected chi connectivity index (χ2v) is 5.54. The lowest BCUT2D eigenvalue weighted by Gasteiger charge is -2.36. The number of aryl methyl sites for hydroxylation is 1. The molecule has 2 heterocycles. The van der Waals surface area contributed by atoms with Crippen molar-refractivity contribution in [3.63, 3.8) is 0 Å². The van der Waals surface area contributed by atoms with Crippen LogP contribution in [0.2, 0.25) is 0 Å². The van der Waals surface area contributed by atoms with Gasteiger partial charge in [-0.15, -0.1) is 5.10 Å². The number of piperidine rings is 1. The van der Waals surface area contributed by atoms with Crippen LogP contribution >= 0.6 is 0 Å². The molecule has 1 fully saturated rings.